The number of halogens is 1. The molecule has 6 heteroatoms. The van der Waals surface area contributed by atoms with Gasteiger partial charge in [0.2, 0.25) is 0 Å². The van der Waals surface area contributed by atoms with Crippen LogP contribution in [0.2, 0.25) is 0 Å². The average Bonchev–Trinajstić information content (AvgIpc) is 2.33. The topological polar surface area (TPSA) is 76.4 Å². The minimum absolute atomic E-state index is 0.485. The number of hydrogen-bond donors (Lipinski definition) is 3. The second kappa shape index (κ2) is 5.37. The normalized spacial score (nSPS) is 10.0. The van der Waals surface area contributed by atoms with Gasteiger partial charge in [0.05, 0.1) is 12.8 Å². The molecule has 1 rings (SSSR count). The summed E-state index contributed by atoms with van der Waals surface area (Å²) >= 11 is 3.50. The molecular weight excluding hydrogens is 286 g/mol. The zero-order chi connectivity index (χ0) is 13.2. The molecule has 0 aliphatic heterocycles. The summed E-state index contributed by atoms with van der Waals surface area (Å²) in [5.41, 5.74) is 5.59. The predicted octanol–water partition coefficient (Wildman–Crippen LogP) is 2.38. The van der Waals surface area contributed by atoms with Gasteiger partial charge in [0.15, 0.2) is 0 Å². The van der Waals surface area contributed by atoms with Crippen molar-refractivity contribution in [2.45, 2.75) is 20.8 Å². The molecule has 0 aliphatic carbocycles. The largest absolute Gasteiger partial charge is 0.494 e. The third-order valence-electron chi connectivity index (χ3n) is 2.74. The van der Waals surface area contributed by atoms with Crippen molar-refractivity contribution in [1.29, 1.82) is 0 Å². The van der Waals surface area contributed by atoms with Gasteiger partial charge >= 0.3 is 6.03 Å². The predicted molar refractivity (Wildman–Crippen MR) is 71.2 cm³/mol. The number of urea groups is 1. The average molecular weight is 302 g/mol. The maximum Gasteiger partial charge on any atom is 0.333 e. The van der Waals surface area contributed by atoms with Crippen LogP contribution in [0.4, 0.5) is 10.5 Å². The number of carbonyl (C=O) groups is 1. The van der Waals surface area contributed by atoms with Gasteiger partial charge < -0.3 is 10.1 Å². The molecule has 0 saturated carbocycles. The van der Waals surface area contributed by atoms with Crippen molar-refractivity contribution in [2.24, 2.45) is 5.84 Å². The second-order valence-electron chi connectivity index (χ2n) is 3.70. The van der Waals surface area contributed by atoms with Crippen LogP contribution < -0.4 is 21.3 Å². The van der Waals surface area contributed by atoms with Gasteiger partial charge in [-0.05, 0) is 37.5 Å². The van der Waals surface area contributed by atoms with E-state index in [9.17, 15) is 4.79 Å². The van der Waals surface area contributed by atoms with E-state index in [-0.39, 0.29) is 0 Å². The summed E-state index contributed by atoms with van der Waals surface area (Å²) in [5.74, 6) is 5.70. The number of methoxy groups -OCH3 is 1. The molecule has 2 amide bonds. The molecule has 5 nitrogen and oxygen atoms in total. The van der Waals surface area contributed by atoms with E-state index in [4.69, 9.17) is 10.6 Å². The standard InChI is InChI=1S/C11H16BrN3O2/c1-5-6(2)10(17-4)9(7(3)8(5)12)14-11(16)15-13/h13H2,1-4H3,(H2,14,15,16). The highest BCUT2D eigenvalue weighted by molar-refractivity contribution is 9.10. The van der Waals surface area contributed by atoms with E-state index in [1.54, 1.807) is 7.11 Å². The lowest BCUT2D eigenvalue weighted by molar-refractivity contribution is 0.252. The van der Waals surface area contributed by atoms with Crippen LogP contribution in [0, 0.1) is 20.8 Å². The number of hydrogen-bond acceptors (Lipinski definition) is 3. The van der Waals surface area contributed by atoms with Crippen LogP contribution in [0.5, 0.6) is 5.75 Å². The Hall–Kier alpha value is -1.27. The highest BCUT2D eigenvalue weighted by Gasteiger charge is 2.18. The fraction of sp³-hybridized carbons (Fsp3) is 0.364. The van der Waals surface area contributed by atoms with Gasteiger partial charge in [-0.15, -0.1) is 0 Å². The van der Waals surface area contributed by atoms with Gasteiger partial charge in [0.1, 0.15) is 5.75 Å². The summed E-state index contributed by atoms with van der Waals surface area (Å²) in [6.45, 7) is 5.82. The van der Waals surface area contributed by atoms with E-state index >= 15 is 0 Å². The van der Waals surface area contributed by atoms with E-state index in [1.807, 2.05) is 26.2 Å². The SMILES string of the molecule is COc1c(C)c(C)c(Br)c(C)c1NC(=O)NN. The molecule has 1 aromatic carbocycles. The number of hydrazine groups is 1. The zero-order valence-corrected chi connectivity index (χ0v) is 11.9. The van der Waals surface area contributed by atoms with Crippen molar-refractivity contribution in [1.82, 2.24) is 5.43 Å². The van der Waals surface area contributed by atoms with Crippen LogP contribution >= 0.6 is 15.9 Å². The van der Waals surface area contributed by atoms with Gasteiger partial charge in [-0.3, -0.25) is 5.43 Å². The minimum atomic E-state index is -0.485. The lowest BCUT2D eigenvalue weighted by atomic mass is 10.0. The Kier molecular flexibility index (Phi) is 4.36. The monoisotopic (exact) mass is 301 g/mol. The van der Waals surface area contributed by atoms with Gasteiger partial charge in [0.25, 0.3) is 0 Å². The summed E-state index contributed by atoms with van der Waals surface area (Å²) in [5, 5.41) is 2.66. The molecule has 94 valence electrons. The first kappa shape index (κ1) is 13.8. The van der Waals surface area contributed by atoms with Crippen molar-refractivity contribution in [3.63, 3.8) is 0 Å². The Morgan fingerprint density at radius 3 is 2.29 bits per heavy atom. The first-order chi connectivity index (χ1) is 7.93. The van der Waals surface area contributed by atoms with Crippen molar-refractivity contribution < 1.29 is 9.53 Å². The van der Waals surface area contributed by atoms with Gasteiger partial charge in [-0.1, -0.05) is 15.9 Å². The van der Waals surface area contributed by atoms with Gasteiger partial charge in [-0.25, -0.2) is 10.6 Å². The van der Waals surface area contributed by atoms with E-state index in [0.29, 0.717) is 11.4 Å². The molecule has 1 aromatic rings. The molecule has 0 fully saturated rings. The number of ether oxygens (including phenoxy) is 1. The molecular formula is C11H16BrN3O2. The van der Waals surface area contributed by atoms with Crippen molar-refractivity contribution >= 4 is 27.6 Å². The second-order valence-corrected chi connectivity index (χ2v) is 4.49. The number of nitrogens with two attached hydrogens (primary N) is 1. The van der Waals surface area contributed by atoms with E-state index in [1.165, 1.54) is 0 Å². The molecule has 0 aliphatic rings. The summed E-state index contributed by atoms with van der Waals surface area (Å²) in [6.07, 6.45) is 0. The molecule has 17 heavy (non-hydrogen) atoms. The lowest BCUT2D eigenvalue weighted by Gasteiger charge is -2.19. The Morgan fingerprint density at radius 2 is 1.82 bits per heavy atom. The molecule has 0 unspecified atom stereocenters. The van der Waals surface area contributed by atoms with Gasteiger partial charge in [0, 0.05) is 4.47 Å². The molecule has 4 N–H and O–H groups in total. The first-order valence-electron chi connectivity index (χ1n) is 5.04. The lowest BCUT2D eigenvalue weighted by Crippen LogP contribution is -2.34. The highest BCUT2D eigenvalue weighted by atomic mass is 79.9. The molecule has 0 heterocycles. The molecule has 0 bridgehead atoms. The van der Waals surface area contributed by atoms with E-state index in [0.717, 1.165) is 21.2 Å². The van der Waals surface area contributed by atoms with Crippen molar-refractivity contribution in [3.05, 3.63) is 21.2 Å². The Labute approximate surface area is 109 Å². The molecule has 0 aromatic heterocycles. The molecule has 0 atom stereocenters. The number of rotatable bonds is 2. The fourth-order valence-electron chi connectivity index (χ4n) is 1.64. The van der Waals surface area contributed by atoms with Crippen LogP contribution in [-0.2, 0) is 0 Å². The number of nitrogens with one attached hydrogen (secondary N) is 2. The number of carbonyl (C=O) groups excluding carboxylic acids is 1. The maximum atomic E-state index is 11.3. The fourth-order valence-corrected chi connectivity index (χ4v) is 2.13. The number of amides is 2. The van der Waals surface area contributed by atoms with E-state index < -0.39 is 6.03 Å². The van der Waals surface area contributed by atoms with E-state index in [2.05, 4.69) is 21.2 Å². The molecule has 0 radical (unpaired) electrons. The van der Waals surface area contributed by atoms with Crippen molar-refractivity contribution in [2.75, 3.05) is 12.4 Å². The Morgan fingerprint density at radius 1 is 1.24 bits per heavy atom. The zero-order valence-electron chi connectivity index (χ0n) is 10.3. The Balaban J connectivity index is 3.41. The summed E-state index contributed by atoms with van der Waals surface area (Å²) in [6, 6.07) is -0.485. The van der Waals surface area contributed by atoms with Crippen LogP contribution in [0.3, 0.4) is 0 Å². The highest BCUT2D eigenvalue weighted by Crippen LogP contribution is 2.39. The van der Waals surface area contributed by atoms with Crippen LogP contribution in [0.25, 0.3) is 0 Å². The van der Waals surface area contributed by atoms with Gasteiger partial charge in [-0.2, -0.15) is 0 Å². The number of anilines is 1. The van der Waals surface area contributed by atoms with Crippen molar-refractivity contribution in [3.8, 4) is 5.75 Å². The Bertz CT molecular complexity index is 461. The smallest absolute Gasteiger partial charge is 0.333 e. The summed E-state index contributed by atoms with van der Waals surface area (Å²) < 4.78 is 6.28. The molecule has 0 spiro atoms. The molecule has 0 saturated heterocycles. The third kappa shape index (κ3) is 2.53. The quantitative estimate of drug-likeness (QED) is 0.446. The van der Waals surface area contributed by atoms with Crippen LogP contribution in [0.15, 0.2) is 4.47 Å². The first-order valence-corrected chi connectivity index (χ1v) is 5.84. The maximum absolute atomic E-state index is 11.3. The summed E-state index contributed by atoms with van der Waals surface area (Å²) in [7, 11) is 1.57. The summed E-state index contributed by atoms with van der Waals surface area (Å²) in [4.78, 5) is 11.3. The van der Waals surface area contributed by atoms with Crippen LogP contribution in [0.1, 0.15) is 16.7 Å². The van der Waals surface area contributed by atoms with Crippen LogP contribution in [-0.4, -0.2) is 13.1 Å². The third-order valence-corrected chi connectivity index (χ3v) is 3.93. The minimum Gasteiger partial charge on any atom is -0.494 e. The number of benzene rings is 1.